The Bertz CT molecular complexity index is 1360. The van der Waals surface area contributed by atoms with E-state index in [1.807, 2.05) is 48.7 Å². The topological polar surface area (TPSA) is 91.0 Å². The van der Waals surface area contributed by atoms with Crippen LogP contribution in [0.4, 0.5) is 14.7 Å². The normalized spacial score (nSPS) is 16.1. The Kier molecular flexibility index (Phi) is 7.44. The highest BCUT2D eigenvalue weighted by Gasteiger charge is 2.32. The minimum atomic E-state index is -2.68. The van der Waals surface area contributed by atoms with Gasteiger partial charge in [0.05, 0.1) is 17.1 Å². The number of anilines is 1. The van der Waals surface area contributed by atoms with Crippen molar-refractivity contribution in [3.05, 3.63) is 71.3 Å². The summed E-state index contributed by atoms with van der Waals surface area (Å²) in [6.07, 6.45) is 0.522. The third-order valence-electron chi connectivity index (χ3n) is 6.16. The minimum absolute atomic E-state index is 0.0626. The number of halogens is 2. The zero-order valence-corrected chi connectivity index (χ0v) is 20.1. The van der Waals surface area contributed by atoms with Crippen molar-refractivity contribution in [2.45, 2.75) is 45.7 Å². The number of allylic oxidation sites excluding steroid dienone is 1. The van der Waals surface area contributed by atoms with Gasteiger partial charge in [-0.3, -0.25) is 14.9 Å². The Morgan fingerprint density at radius 3 is 2.72 bits per heavy atom. The first kappa shape index (κ1) is 25.0. The van der Waals surface area contributed by atoms with E-state index in [1.165, 1.54) is 18.2 Å². The van der Waals surface area contributed by atoms with Crippen LogP contribution in [0.5, 0.6) is 0 Å². The van der Waals surface area contributed by atoms with Gasteiger partial charge >= 0.3 is 0 Å². The largest absolute Gasteiger partial charge is 0.333 e. The molecule has 0 saturated carbocycles. The van der Waals surface area contributed by atoms with Crippen LogP contribution in [0.15, 0.2) is 60.2 Å². The molecular weight excluding hydrogens is 464 g/mol. The summed E-state index contributed by atoms with van der Waals surface area (Å²) in [5.74, 6) is -0.527. The van der Waals surface area contributed by atoms with Gasteiger partial charge in [-0.25, -0.2) is 13.8 Å². The predicted octanol–water partition coefficient (Wildman–Crippen LogP) is 5.32. The van der Waals surface area contributed by atoms with Gasteiger partial charge in [0.1, 0.15) is 11.6 Å². The van der Waals surface area contributed by atoms with E-state index >= 15 is 0 Å². The zero-order valence-electron chi connectivity index (χ0n) is 20.1. The fourth-order valence-corrected chi connectivity index (χ4v) is 4.49. The van der Waals surface area contributed by atoms with Crippen LogP contribution in [0, 0.1) is 17.2 Å². The fraction of sp³-hybridized carbons (Fsp3) is 0.333. The minimum Gasteiger partial charge on any atom is -0.333 e. The molecular formula is C27H27F2N5O2. The Morgan fingerprint density at radius 1 is 1.22 bits per heavy atom. The number of likely N-dealkylation sites (tertiary alicyclic amines) is 1. The lowest BCUT2D eigenvalue weighted by atomic mass is 10.1. The second-order valence-electron chi connectivity index (χ2n) is 9.15. The van der Waals surface area contributed by atoms with Gasteiger partial charge in [-0.05, 0) is 43.0 Å². The predicted molar refractivity (Wildman–Crippen MR) is 132 cm³/mol. The maximum absolute atomic E-state index is 13.1. The summed E-state index contributed by atoms with van der Waals surface area (Å²) < 4.78 is 28.1. The molecule has 7 nitrogen and oxygen atoms in total. The molecule has 4 rings (SSSR count). The fourth-order valence-electron chi connectivity index (χ4n) is 4.49. The molecule has 1 aliphatic rings. The van der Waals surface area contributed by atoms with E-state index in [9.17, 15) is 23.6 Å². The summed E-state index contributed by atoms with van der Waals surface area (Å²) in [5, 5.41) is 12.3. The molecule has 0 radical (unpaired) electrons. The Morgan fingerprint density at radius 2 is 2.00 bits per heavy atom. The van der Waals surface area contributed by atoms with Gasteiger partial charge in [0.2, 0.25) is 5.95 Å². The first-order valence-corrected chi connectivity index (χ1v) is 11.9. The lowest BCUT2D eigenvalue weighted by Crippen LogP contribution is -2.39. The van der Waals surface area contributed by atoms with Crippen LogP contribution in [-0.2, 0) is 11.3 Å². The molecule has 2 aromatic carbocycles. The molecule has 0 unspecified atom stereocenters. The molecule has 1 aromatic heterocycles. The van der Waals surface area contributed by atoms with E-state index in [0.29, 0.717) is 18.6 Å². The number of fused-ring (bicyclic) bond motifs is 1. The van der Waals surface area contributed by atoms with E-state index < -0.39 is 12.3 Å². The molecule has 1 aliphatic heterocycles. The summed E-state index contributed by atoms with van der Waals surface area (Å²) in [6.45, 7) is 4.72. The molecule has 3 aromatic rings. The number of imidazole rings is 1. The van der Waals surface area contributed by atoms with Gasteiger partial charge in [0.15, 0.2) is 0 Å². The van der Waals surface area contributed by atoms with Crippen LogP contribution in [-0.4, -0.2) is 38.9 Å². The number of benzene rings is 2. The number of nitriles is 1. The second kappa shape index (κ2) is 10.7. The molecule has 2 heterocycles. The highest BCUT2D eigenvalue weighted by molar-refractivity contribution is 6.04. The maximum Gasteiger partial charge on any atom is 0.264 e. The van der Waals surface area contributed by atoms with Gasteiger partial charge in [0, 0.05) is 24.2 Å². The number of alkyl halides is 2. The van der Waals surface area contributed by atoms with Crippen molar-refractivity contribution in [2.75, 3.05) is 11.9 Å². The third-order valence-corrected chi connectivity index (χ3v) is 6.16. The van der Waals surface area contributed by atoms with Crippen molar-refractivity contribution in [3.8, 4) is 6.07 Å². The number of nitrogens with zero attached hydrogens (tertiary/aromatic N) is 4. The lowest BCUT2D eigenvalue weighted by molar-refractivity contribution is -0.127. The van der Waals surface area contributed by atoms with Gasteiger partial charge in [-0.1, -0.05) is 44.2 Å². The monoisotopic (exact) mass is 491 g/mol. The van der Waals surface area contributed by atoms with E-state index in [-0.39, 0.29) is 40.5 Å². The van der Waals surface area contributed by atoms with E-state index in [2.05, 4.69) is 10.3 Å². The zero-order chi connectivity index (χ0) is 25.8. The smallest absolute Gasteiger partial charge is 0.264 e. The maximum atomic E-state index is 13.1. The van der Waals surface area contributed by atoms with Gasteiger partial charge in [0.25, 0.3) is 18.2 Å². The standard InChI is InChI=1S/C27H27F2N5O2/c1-17(2)13-20(15-30)26(36)33-12-6-9-21(33)16-34-23-11-4-3-10-22(23)31-27(34)32-25(35)19-8-5-7-18(14-19)24(28)29/h3-5,7-8,10-11,13-14,17,21,24H,6,9,12,16H2,1-2H3,(H,31,32,35)/t21-/m1/s1. The molecule has 1 atom stereocenters. The molecule has 186 valence electrons. The van der Waals surface area contributed by atoms with Crippen molar-refractivity contribution >= 4 is 28.8 Å². The highest BCUT2D eigenvalue weighted by Crippen LogP contribution is 2.27. The van der Waals surface area contributed by atoms with E-state index in [1.54, 1.807) is 11.0 Å². The molecule has 0 bridgehead atoms. The number of carbonyl (C=O) groups excluding carboxylic acids is 2. The first-order valence-electron chi connectivity index (χ1n) is 11.9. The number of carbonyl (C=O) groups is 2. The number of hydrogen-bond acceptors (Lipinski definition) is 4. The van der Waals surface area contributed by atoms with Crippen LogP contribution >= 0.6 is 0 Å². The molecule has 0 aliphatic carbocycles. The highest BCUT2D eigenvalue weighted by atomic mass is 19.3. The van der Waals surface area contributed by atoms with Crippen molar-refractivity contribution in [3.63, 3.8) is 0 Å². The number of rotatable bonds is 7. The average Bonchev–Trinajstić information content (AvgIpc) is 3.47. The van der Waals surface area contributed by atoms with Crippen molar-refractivity contribution in [1.82, 2.24) is 14.5 Å². The quantitative estimate of drug-likeness (QED) is 0.358. The number of nitrogens with one attached hydrogen (secondary N) is 1. The number of para-hydroxylation sites is 2. The average molecular weight is 492 g/mol. The molecule has 1 saturated heterocycles. The Labute approximate surface area is 208 Å². The summed E-state index contributed by atoms with van der Waals surface area (Å²) in [7, 11) is 0. The molecule has 9 heteroatoms. The second-order valence-corrected chi connectivity index (χ2v) is 9.15. The van der Waals surface area contributed by atoms with Crippen LogP contribution in [0.25, 0.3) is 11.0 Å². The first-order chi connectivity index (χ1) is 17.3. The van der Waals surface area contributed by atoms with E-state index in [4.69, 9.17) is 0 Å². The van der Waals surface area contributed by atoms with E-state index in [0.717, 1.165) is 24.4 Å². The van der Waals surface area contributed by atoms with Gasteiger partial charge < -0.3 is 9.47 Å². The van der Waals surface area contributed by atoms with Crippen molar-refractivity contribution in [2.24, 2.45) is 5.92 Å². The molecule has 2 amide bonds. The summed E-state index contributed by atoms with van der Waals surface area (Å²) in [5.41, 5.74) is 1.41. The van der Waals surface area contributed by atoms with Crippen LogP contribution < -0.4 is 5.32 Å². The molecule has 1 N–H and O–H groups in total. The summed E-state index contributed by atoms with van der Waals surface area (Å²) in [6, 6.07) is 14.5. The van der Waals surface area contributed by atoms with Crippen molar-refractivity contribution < 1.29 is 18.4 Å². The summed E-state index contributed by atoms with van der Waals surface area (Å²) >= 11 is 0. The van der Waals surface area contributed by atoms with Gasteiger partial charge in [-0.15, -0.1) is 0 Å². The number of aromatic nitrogens is 2. The molecule has 0 spiro atoms. The van der Waals surface area contributed by atoms with Crippen LogP contribution in [0.2, 0.25) is 0 Å². The SMILES string of the molecule is CC(C)C=C(C#N)C(=O)N1CCC[C@@H]1Cn1c(NC(=O)c2cccc(C(F)F)c2)nc2ccccc21. The van der Waals surface area contributed by atoms with Crippen LogP contribution in [0.1, 0.15) is 49.0 Å². The van der Waals surface area contributed by atoms with Gasteiger partial charge in [-0.2, -0.15) is 5.26 Å². The summed E-state index contributed by atoms with van der Waals surface area (Å²) in [4.78, 5) is 32.3. The number of amides is 2. The lowest BCUT2D eigenvalue weighted by Gasteiger charge is -2.26. The Hall–Kier alpha value is -4.06. The molecule has 1 fully saturated rings. The number of hydrogen-bond donors (Lipinski definition) is 1. The van der Waals surface area contributed by atoms with Crippen LogP contribution in [0.3, 0.4) is 0 Å². The third kappa shape index (κ3) is 5.28. The molecule has 36 heavy (non-hydrogen) atoms. The van der Waals surface area contributed by atoms with Crippen molar-refractivity contribution in [1.29, 1.82) is 5.26 Å². The Balaban J connectivity index is 1.64.